The summed E-state index contributed by atoms with van der Waals surface area (Å²) in [5.41, 5.74) is 0.729. The maximum Gasteiger partial charge on any atom is 0.300 e. The molecule has 0 saturated carbocycles. The lowest BCUT2D eigenvalue weighted by Gasteiger charge is -1.97. The highest BCUT2D eigenvalue weighted by atomic mass is 35.5. The zero-order chi connectivity index (χ0) is 12.1. The van der Waals surface area contributed by atoms with Gasteiger partial charge in [0, 0.05) is 12.3 Å². The van der Waals surface area contributed by atoms with Gasteiger partial charge in [0.05, 0.1) is 5.52 Å². The number of carboxylic acid groups (broad SMARTS) is 1. The number of rotatable bonds is 0. The van der Waals surface area contributed by atoms with Crippen LogP contribution in [0.5, 0.6) is 5.75 Å². The number of carboxylic acids is 1. The van der Waals surface area contributed by atoms with E-state index in [4.69, 9.17) is 26.6 Å². The standard InChI is InChI=1S/C8H5ClN2O.C2H4O2/c9-8-6-3-5(12)1-2-7(6)10-4-11-8;1-2(3)4/h1-4,12H;1H3,(H,3,4). The normalized spacial score (nSPS) is 9.38. The van der Waals surface area contributed by atoms with E-state index in [0.29, 0.717) is 10.5 Å². The second kappa shape index (κ2) is 5.27. The molecule has 0 spiro atoms. The Hall–Kier alpha value is -1.88. The molecule has 16 heavy (non-hydrogen) atoms. The van der Waals surface area contributed by atoms with Gasteiger partial charge in [-0.25, -0.2) is 9.97 Å². The van der Waals surface area contributed by atoms with Crippen LogP contribution >= 0.6 is 11.6 Å². The number of aromatic nitrogens is 2. The van der Waals surface area contributed by atoms with Gasteiger partial charge in [-0.05, 0) is 18.2 Å². The zero-order valence-corrected chi connectivity index (χ0v) is 9.14. The molecule has 5 nitrogen and oxygen atoms in total. The number of aromatic hydroxyl groups is 1. The van der Waals surface area contributed by atoms with Crippen LogP contribution in [0.2, 0.25) is 5.15 Å². The van der Waals surface area contributed by atoms with E-state index in [1.54, 1.807) is 12.1 Å². The van der Waals surface area contributed by atoms with Crippen molar-refractivity contribution in [1.82, 2.24) is 9.97 Å². The van der Waals surface area contributed by atoms with Gasteiger partial charge in [0.15, 0.2) is 0 Å². The van der Waals surface area contributed by atoms with E-state index >= 15 is 0 Å². The Kier molecular flexibility index (Phi) is 4.02. The van der Waals surface area contributed by atoms with E-state index in [9.17, 15) is 0 Å². The summed E-state index contributed by atoms with van der Waals surface area (Å²) < 4.78 is 0. The van der Waals surface area contributed by atoms with Gasteiger partial charge in [0.1, 0.15) is 17.2 Å². The summed E-state index contributed by atoms with van der Waals surface area (Å²) in [5.74, 6) is -0.667. The van der Waals surface area contributed by atoms with Crippen LogP contribution in [0.1, 0.15) is 6.92 Å². The minimum atomic E-state index is -0.833. The molecule has 2 rings (SSSR count). The van der Waals surface area contributed by atoms with Crippen LogP contribution in [0.4, 0.5) is 0 Å². The summed E-state index contributed by atoms with van der Waals surface area (Å²) >= 11 is 5.77. The zero-order valence-electron chi connectivity index (χ0n) is 8.38. The third kappa shape index (κ3) is 3.36. The molecule has 0 aliphatic heterocycles. The van der Waals surface area contributed by atoms with Crippen molar-refractivity contribution in [1.29, 1.82) is 0 Å². The first kappa shape index (κ1) is 12.2. The molecule has 1 heterocycles. The molecule has 0 aliphatic carbocycles. The molecule has 0 saturated heterocycles. The number of halogens is 1. The van der Waals surface area contributed by atoms with Crippen molar-refractivity contribution in [3.63, 3.8) is 0 Å². The molecule has 2 N–H and O–H groups in total. The number of phenolic OH excluding ortho intramolecular Hbond substituents is 1. The van der Waals surface area contributed by atoms with E-state index < -0.39 is 5.97 Å². The molecule has 0 aliphatic rings. The lowest BCUT2D eigenvalue weighted by Crippen LogP contribution is -1.82. The fraction of sp³-hybridized carbons (Fsp3) is 0.100. The fourth-order valence-corrected chi connectivity index (χ4v) is 1.21. The number of carbonyl (C=O) groups is 1. The Labute approximate surface area is 96.3 Å². The molecular weight excluding hydrogens is 232 g/mol. The maximum atomic E-state index is 9.14. The second-order valence-electron chi connectivity index (χ2n) is 2.88. The number of hydrogen-bond donors (Lipinski definition) is 2. The maximum absolute atomic E-state index is 9.14. The molecule has 6 heteroatoms. The Morgan fingerprint density at radius 1 is 1.38 bits per heavy atom. The molecular formula is C10H9ClN2O3. The van der Waals surface area contributed by atoms with Crippen molar-refractivity contribution >= 4 is 28.5 Å². The van der Waals surface area contributed by atoms with Gasteiger partial charge in [0.25, 0.3) is 5.97 Å². The monoisotopic (exact) mass is 240 g/mol. The Morgan fingerprint density at radius 3 is 2.62 bits per heavy atom. The van der Waals surface area contributed by atoms with Gasteiger partial charge in [-0.15, -0.1) is 0 Å². The highest BCUT2D eigenvalue weighted by Crippen LogP contribution is 2.22. The van der Waals surface area contributed by atoms with Gasteiger partial charge in [-0.1, -0.05) is 11.6 Å². The topological polar surface area (TPSA) is 83.3 Å². The quantitative estimate of drug-likeness (QED) is 0.689. The van der Waals surface area contributed by atoms with E-state index in [0.717, 1.165) is 12.4 Å². The summed E-state index contributed by atoms with van der Waals surface area (Å²) in [6, 6.07) is 4.79. The van der Waals surface area contributed by atoms with Crippen LogP contribution in [0, 0.1) is 0 Å². The molecule has 0 radical (unpaired) electrons. The average molecular weight is 241 g/mol. The average Bonchev–Trinajstić information content (AvgIpc) is 2.18. The molecule has 0 unspecified atom stereocenters. The van der Waals surface area contributed by atoms with E-state index in [2.05, 4.69) is 9.97 Å². The lowest BCUT2D eigenvalue weighted by molar-refractivity contribution is -0.134. The van der Waals surface area contributed by atoms with E-state index in [1.165, 1.54) is 12.4 Å². The summed E-state index contributed by atoms with van der Waals surface area (Å²) in [7, 11) is 0. The highest BCUT2D eigenvalue weighted by Gasteiger charge is 2.00. The van der Waals surface area contributed by atoms with Crippen LogP contribution in [-0.2, 0) is 4.79 Å². The summed E-state index contributed by atoms with van der Waals surface area (Å²) in [4.78, 5) is 16.8. The van der Waals surface area contributed by atoms with E-state index in [1.807, 2.05) is 0 Å². The minimum Gasteiger partial charge on any atom is -0.508 e. The fourth-order valence-electron chi connectivity index (χ4n) is 1.01. The van der Waals surface area contributed by atoms with Crippen LogP contribution in [-0.4, -0.2) is 26.2 Å². The number of benzene rings is 1. The molecule has 84 valence electrons. The van der Waals surface area contributed by atoms with Crippen LogP contribution in [0.15, 0.2) is 24.5 Å². The Balaban J connectivity index is 0.000000280. The van der Waals surface area contributed by atoms with Gasteiger partial charge >= 0.3 is 0 Å². The van der Waals surface area contributed by atoms with Gasteiger partial charge in [-0.3, -0.25) is 4.79 Å². The van der Waals surface area contributed by atoms with Gasteiger partial charge in [0.2, 0.25) is 0 Å². The Morgan fingerprint density at radius 2 is 2.00 bits per heavy atom. The van der Waals surface area contributed by atoms with Crippen LogP contribution in [0.25, 0.3) is 10.9 Å². The first-order chi connectivity index (χ1) is 7.50. The van der Waals surface area contributed by atoms with Crippen molar-refractivity contribution in [2.24, 2.45) is 0 Å². The van der Waals surface area contributed by atoms with Crippen molar-refractivity contribution in [3.8, 4) is 5.75 Å². The largest absolute Gasteiger partial charge is 0.508 e. The summed E-state index contributed by atoms with van der Waals surface area (Å²) in [6.07, 6.45) is 1.39. The first-order valence-electron chi connectivity index (χ1n) is 4.29. The lowest BCUT2D eigenvalue weighted by atomic mass is 10.2. The van der Waals surface area contributed by atoms with Gasteiger partial charge < -0.3 is 10.2 Å². The molecule has 1 aromatic heterocycles. The van der Waals surface area contributed by atoms with Crippen LogP contribution < -0.4 is 0 Å². The third-order valence-electron chi connectivity index (χ3n) is 1.57. The van der Waals surface area contributed by atoms with Crippen LogP contribution in [0.3, 0.4) is 0 Å². The Bertz CT molecular complexity index is 512. The molecule has 0 bridgehead atoms. The molecule has 0 fully saturated rings. The summed E-state index contributed by atoms with van der Waals surface area (Å²) in [5, 5.41) is 17.6. The third-order valence-corrected chi connectivity index (χ3v) is 1.87. The second-order valence-corrected chi connectivity index (χ2v) is 3.24. The summed E-state index contributed by atoms with van der Waals surface area (Å²) in [6.45, 7) is 1.08. The van der Waals surface area contributed by atoms with Crippen molar-refractivity contribution in [2.75, 3.05) is 0 Å². The number of phenols is 1. The van der Waals surface area contributed by atoms with Crippen molar-refractivity contribution in [3.05, 3.63) is 29.7 Å². The number of fused-ring (bicyclic) bond motifs is 1. The number of hydrogen-bond acceptors (Lipinski definition) is 4. The SMILES string of the molecule is CC(=O)O.Oc1ccc2ncnc(Cl)c2c1. The number of aliphatic carboxylic acids is 1. The van der Waals surface area contributed by atoms with Crippen molar-refractivity contribution in [2.45, 2.75) is 6.92 Å². The van der Waals surface area contributed by atoms with Crippen molar-refractivity contribution < 1.29 is 15.0 Å². The predicted molar refractivity (Wildman–Crippen MR) is 59.5 cm³/mol. The molecule has 0 amide bonds. The molecule has 1 aromatic carbocycles. The smallest absolute Gasteiger partial charge is 0.300 e. The van der Waals surface area contributed by atoms with E-state index in [-0.39, 0.29) is 5.75 Å². The number of nitrogens with zero attached hydrogens (tertiary/aromatic N) is 2. The highest BCUT2D eigenvalue weighted by molar-refractivity contribution is 6.34. The predicted octanol–water partition coefficient (Wildman–Crippen LogP) is 2.08. The first-order valence-corrected chi connectivity index (χ1v) is 4.67. The minimum absolute atomic E-state index is 0.166. The molecule has 0 atom stereocenters. The molecule has 2 aromatic rings. The van der Waals surface area contributed by atoms with Gasteiger partial charge in [-0.2, -0.15) is 0 Å².